The topological polar surface area (TPSA) is 48.4 Å². The van der Waals surface area contributed by atoms with Crippen molar-refractivity contribution in [1.82, 2.24) is 4.98 Å². The van der Waals surface area contributed by atoms with Gasteiger partial charge in [-0.2, -0.15) is 0 Å². The number of ether oxygens (including phenoxy) is 2. The van der Waals surface area contributed by atoms with E-state index in [4.69, 9.17) is 14.5 Å². The molecule has 0 radical (unpaired) electrons. The van der Waals surface area contributed by atoms with Crippen LogP contribution in [0.15, 0.2) is 42.5 Å². The SMILES string of the molecule is CCOC(=O)COc1ccc([Se]Cc2[se]c(-c3ccc(C)cc3)nc2C)cc1C. The van der Waals surface area contributed by atoms with Gasteiger partial charge in [-0.15, -0.1) is 0 Å². The number of hydrogen-bond donors (Lipinski definition) is 0. The van der Waals surface area contributed by atoms with Gasteiger partial charge in [0.2, 0.25) is 0 Å². The van der Waals surface area contributed by atoms with Crippen molar-refractivity contribution in [2.24, 2.45) is 0 Å². The van der Waals surface area contributed by atoms with Gasteiger partial charge in [0.15, 0.2) is 0 Å². The first-order valence-corrected chi connectivity index (χ1v) is 13.3. The van der Waals surface area contributed by atoms with Gasteiger partial charge in [-0.05, 0) is 0 Å². The molecule has 0 atom stereocenters. The second kappa shape index (κ2) is 10.3. The third kappa shape index (κ3) is 6.07. The molecule has 4 nitrogen and oxygen atoms in total. The van der Waals surface area contributed by atoms with Crippen LogP contribution >= 0.6 is 0 Å². The Morgan fingerprint density at radius 1 is 1.10 bits per heavy atom. The van der Waals surface area contributed by atoms with Crippen molar-refractivity contribution in [1.29, 1.82) is 0 Å². The van der Waals surface area contributed by atoms with Crippen LogP contribution in [0.5, 0.6) is 5.75 Å². The molecule has 0 aliphatic rings. The molecule has 0 aliphatic carbocycles. The summed E-state index contributed by atoms with van der Waals surface area (Å²) in [6.45, 7) is 8.37. The van der Waals surface area contributed by atoms with E-state index in [1.807, 2.05) is 13.0 Å². The third-order valence-electron chi connectivity index (χ3n) is 4.36. The number of aryl methyl sites for hydroxylation is 3. The van der Waals surface area contributed by atoms with E-state index in [1.165, 1.54) is 30.3 Å². The molecule has 0 saturated carbocycles. The van der Waals surface area contributed by atoms with E-state index in [0.29, 0.717) is 36.1 Å². The number of esters is 1. The Labute approximate surface area is 184 Å². The summed E-state index contributed by atoms with van der Waals surface area (Å²) in [6.07, 6.45) is 0. The van der Waals surface area contributed by atoms with E-state index < -0.39 is 0 Å². The Bertz CT molecular complexity index is 980. The van der Waals surface area contributed by atoms with E-state index in [9.17, 15) is 4.79 Å². The summed E-state index contributed by atoms with van der Waals surface area (Å²) in [5.41, 5.74) is 4.76. The van der Waals surface area contributed by atoms with E-state index in [0.717, 1.165) is 16.6 Å². The van der Waals surface area contributed by atoms with Crippen LogP contribution < -0.4 is 9.20 Å². The summed E-state index contributed by atoms with van der Waals surface area (Å²) in [5, 5.41) is 1.08. The number of rotatable bonds is 8. The van der Waals surface area contributed by atoms with Crippen molar-refractivity contribution in [3.05, 3.63) is 63.7 Å². The standard InChI is InChI=1S/C23H25NO3Se2/c1-5-26-22(25)13-27-20-11-10-19(12-16(20)3)28-14-21-17(4)24-23(29-21)18-8-6-15(2)7-9-18/h6-12H,5,13-14H2,1-4H3. The fraction of sp³-hybridized carbons (Fsp3) is 0.304. The molecule has 3 aromatic rings. The van der Waals surface area contributed by atoms with Gasteiger partial charge < -0.3 is 0 Å². The van der Waals surface area contributed by atoms with Crippen molar-refractivity contribution in [3.8, 4) is 15.9 Å². The Balaban J connectivity index is 1.62. The predicted octanol–water partition coefficient (Wildman–Crippen LogP) is 3.20. The summed E-state index contributed by atoms with van der Waals surface area (Å²) in [4.78, 5) is 16.3. The number of benzene rings is 2. The quantitative estimate of drug-likeness (QED) is 0.338. The molecule has 29 heavy (non-hydrogen) atoms. The molecule has 0 aliphatic heterocycles. The molecule has 152 valence electrons. The van der Waals surface area contributed by atoms with E-state index in [-0.39, 0.29) is 12.6 Å². The van der Waals surface area contributed by atoms with Crippen molar-refractivity contribution in [3.63, 3.8) is 0 Å². The van der Waals surface area contributed by atoms with Gasteiger partial charge in [0.05, 0.1) is 0 Å². The van der Waals surface area contributed by atoms with Crippen LogP contribution in [0, 0.1) is 20.8 Å². The molecular formula is C23H25NO3Se2. The molecule has 0 fully saturated rings. The molecule has 2 aromatic carbocycles. The fourth-order valence-electron chi connectivity index (χ4n) is 2.74. The second-order valence-corrected chi connectivity index (χ2v) is 11.2. The van der Waals surface area contributed by atoms with Gasteiger partial charge in [0.25, 0.3) is 0 Å². The van der Waals surface area contributed by atoms with Crippen molar-refractivity contribution in [2.45, 2.75) is 33.0 Å². The summed E-state index contributed by atoms with van der Waals surface area (Å²) in [7, 11) is 0. The second-order valence-electron chi connectivity index (χ2n) is 6.70. The zero-order valence-corrected chi connectivity index (χ0v) is 20.6. The Morgan fingerprint density at radius 3 is 2.55 bits per heavy atom. The van der Waals surface area contributed by atoms with Crippen molar-refractivity contribution in [2.75, 3.05) is 13.2 Å². The first-order chi connectivity index (χ1) is 14.0. The first kappa shape index (κ1) is 21.9. The van der Waals surface area contributed by atoms with Gasteiger partial charge in [0, 0.05) is 0 Å². The number of aromatic nitrogens is 1. The minimum atomic E-state index is -0.338. The van der Waals surface area contributed by atoms with Crippen LogP contribution in [0.3, 0.4) is 0 Å². The summed E-state index contributed by atoms with van der Waals surface area (Å²) < 4.78 is 14.5. The summed E-state index contributed by atoms with van der Waals surface area (Å²) in [6, 6.07) is 14.9. The molecule has 0 N–H and O–H groups in total. The maximum atomic E-state index is 11.5. The zero-order valence-electron chi connectivity index (χ0n) is 17.2. The third-order valence-corrected chi connectivity index (χ3v) is 9.96. The van der Waals surface area contributed by atoms with Crippen LogP contribution in [0.2, 0.25) is 0 Å². The first-order valence-electron chi connectivity index (χ1n) is 9.51. The average molecular weight is 521 g/mol. The van der Waals surface area contributed by atoms with Crippen LogP contribution in [-0.4, -0.2) is 53.6 Å². The molecule has 1 heterocycles. The number of nitrogens with zero attached hydrogens (tertiary/aromatic N) is 1. The van der Waals surface area contributed by atoms with Gasteiger partial charge >= 0.3 is 185 Å². The average Bonchev–Trinajstić information content (AvgIpc) is 3.07. The van der Waals surface area contributed by atoms with Crippen LogP contribution in [0.25, 0.3) is 10.1 Å². The Morgan fingerprint density at radius 2 is 1.86 bits per heavy atom. The van der Waals surface area contributed by atoms with Crippen molar-refractivity contribution >= 4 is 39.9 Å². The molecule has 0 amide bonds. The van der Waals surface area contributed by atoms with Crippen LogP contribution in [0.1, 0.15) is 28.2 Å². The maximum absolute atomic E-state index is 11.5. The Kier molecular flexibility index (Phi) is 7.74. The fourth-order valence-corrected chi connectivity index (χ4v) is 7.92. The molecule has 0 saturated heterocycles. The molecule has 0 unspecified atom stereocenters. The molecule has 0 bridgehead atoms. The minimum absolute atomic E-state index is 0.0487. The summed E-state index contributed by atoms with van der Waals surface area (Å²) >= 11 is 0.653. The summed E-state index contributed by atoms with van der Waals surface area (Å²) in [5.74, 6) is 0.401. The van der Waals surface area contributed by atoms with Gasteiger partial charge in [-0.25, -0.2) is 0 Å². The van der Waals surface area contributed by atoms with E-state index in [1.54, 1.807) is 6.92 Å². The number of hydrogen-bond acceptors (Lipinski definition) is 4. The monoisotopic (exact) mass is 523 g/mol. The molecule has 1 aromatic heterocycles. The van der Waals surface area contributed by atoms with Crippen molar-refractivity contribution < 1.29 is 14.3 Å². The predicted molar refractivity (Wildman–Crippen MR) is 118 cm³/mol. The van der Waals surface area contributed by atoms with Crippen LogP contribution in [0.4, 0.5) is 0 Å². The Hall–Kier alpha value is -1.84. The normalized spacial score (nSPS) is 10.8. The van der Waals surface area contributed by atoms with Gasteiger partial charge in [0.1, 0.15) is 0 Å². The molecule has 6 heteroatoms. The molecule has 0 spiro atoms. The van der Waals surface area contributed by atoms with Gasteiger partial charge in [-0.1, -0.05) is 0 Å². The number of carbonyl (C=O) groups is 1. The zero-order chi connectivity index (χ0) is 20.8. The molecule has 3 rings (SSSR count). The van der Waals surface area contributed by atoms with E-state index >= 15 is 0 Å². The van der Waals surface area contributed by atoms with Crippen LogP contribution in [-0.2, 0) is 14.9 Å². The van der Waals surface area contributed by atoms with E-state index in [2.05, 4.69) is 50.2 Å². The molecular weight excluding hydrogens is 496 g/mol. The van der Waals surface area contributed by atoms with Gasteiger partial charge in [-0.3, -0.25) is 0 Å². The number of carbonyl (C=O) groups excluding carboxylic acids is 1.